The first-order valence-corrected chi connectivity index (χ1v) is 7.55. The average Bonchev–Trinajstić information content (AvgIpc) is 3.11. The van der Waals surface area contributed by atoms with E-state index in [0.717, 1.165) is 16.8 Å². The van der Waals surface area contributed by atoms with Gasteiger partial charge in [-0.1, -0.05) is 22.9 Å². The molecule has 0 fully saturated rings. The Morgan fingerprint density at radius 2 is 1.96 bits per heavy atom. The van der Waals surface area contributed by atoms with Crippen molar-refractivity contribution in [3.05, 3.63) is 58.2 Å². The summed E-state index contributed by atoms with van der Waals surface area (Å²) in [5, 5.41) is 12.4. The normalized spacial score (nSPS) is 10.8. The third-order valence-electron chi connectivity index (χ3n) is 3.57. The molecule has 0 atom stereocenters. The van der Waals surface area contributed by atoms with Crippen LogP contribution in [0.4, 0.5) is 0 Å². The highest BCUT2D eigenvalue weighted by Gasteiger charge is 2.19. The summed E-state index contributed by atoms with van der Waals surface area (Å²) in [6.07, 6.45) is 0. The summed E-state index contributed by atoms with van der Waals surface area (Å²) in [5.41, 5.74) is 4.27. The molecule has 2 heterocycles. The van der Waals surface area contributed by atoms with Gasteiger partial charge in [-0.05, 0) is 39.3 Å². The molecule has 1 aromatic carbocycles. The molecule has 2 aromatic heterocycles. The summed E-state index contributed by atoms with van der Waals surface area (Å²) < 4.78 is 10.2. The third-order valence-corrected chi connectivity index (χ3v) is 3.57. The van der Waals surface area contributed by atoms with Crippen molar-refractivity contribution >= 4 is 5.97 Å². The monoisotopic (exact) mass is 326 g/mol. The molecule has 0 aliphatic carbocycles. The first-order chi connectivity index (χ1) is 11.4. The number of nitrogens with zero attached hydrogens (tertiary/aromatic N) is 4. The summed E-state index contributed by atoms with van der Waals surface area (Å²) in [7, 11) is 0. The smallest absolute Gasteiger partial charge is 0.361 e. The summed E-state index contributed by atoms with van der Waals surface area (Å²) in [4.78, 5) is 13.7. The van der Waals surface area contributed by atoms with E-state index < -0.39 is 5.97 Å². The molecule has 0 aliphatic heterocycles. The van der Waals surface area contributed by atoms with Crippen molar-refractivity contribution in [3.63, 3.8) is 0 Å². The van der Waals surface area contributed by atoms with Gasteiger partial charge < -0.3 is 9.26 Å². The lowest BCUT2D eigenvalue weighted by molar-refractivity contribution is 0.0456. The van der Waals surface area contributed by atoms with Crippen LogP contribution in [0.2, 0.25) is 0 Å². The van der Waals surface area contributed by atoms with Gasteiger partial charge in [-0.3, -0.25) is 0 Å². The summed E-state index contributed by atoms with van der Waals surface area (Å²) in [6.45, 7) is 7.53. The minimum atomic E-state index is -0.538. The number of esters is 1. The van der Waals surface area contributed by atoms with Gasteiger partial charge >= 0.3 is 5.97 Å². The molecule has 0 aliphatic rings. The number of aromatic nitrogens is 4. The zero-order valence-corrected chi connectivity index (χ0v) is 14.0. The van der Waals surface area contributed by atoms with Crippen LogP contribution in [0.15, 0.2) is 28.8 Å². The lowest BCUT2D eigenvalue weighted by Gasteiger charge is -2.04. The molecule has 7 heteroatoms. The second-order valence-electron chi connectivity index (χ2n) is 5.72. The number of carbonyl (C=O) groups excluding carboxylic acids is 1. The zero-order valence-electron chi connectivity index (χ0n) is 14.0. The van der Waals surface area contributed by atoms with Crippen LogP contribution in [0.5, 0.6) is 0 Å². The van der Waals surface area contributed by atoms with E-state index in [1.807, 2.05) is 32.0 Å². The van der Waals surface area contributed by atoms with Crippen LogP contribution in [0, 0.1) is 27.7 Å². The number of benzene rings is 1. The van der Waals surface area contributed by atoms with E-state index >= 15 is 0 Å². The molecule has 0 radical (unpaired) electrons. The fourth-order valence-electron chi connectivity index (χ4n) is 2.40. The largest absolute Gasteiger partial charge is 0.454 e. The molecule has 7 nitrogen and oxygen atoms in total. The molecule has 0 unspecified atom stereocenters. The van der Waals surface area contributed by atoms with Crippen LogP contribution >= 0.6 is 0 Å². The molecule has 0 spiro atoms. The van der Waals surface area contributed by atoms with Crippen LogP contribution < -0.4 is 0 Å². The van der Waals surface area contributed by atoms with E-state index in [4.69, 9.17) is 9.26 Å². The predicted molar refractivity (Wildman–Crippen MR) is 85.9 cm³/mol. The van der Waals surface area contributed by atoms with Crippen LogP contribution in [0.3, 0.4) is 0 Å². The fraction of sp³-hybridized carbons (Fsp3) is 0.294. The molecular formula is C17H18N4O3. The van der Waals surface area contributed by atoms with Crippen LogP contribution in [-0.2, 0) is 11.3 Å². The molecule has 0 saturated heterocycles. The Labute approximate surface area is 139 Å². The minimum absolute atomic E-state index is 0.0338. The molecule has 3 aromatic rings. The highest BCUT2D eigenvalue weighted by molar-refractivity contribution is 5.88. The standard InChI is InChI=1S/C17H18N4O3/c1-10-5-6-15(11(2)7-10)21-18-13(4)16(19-21)17(22)23-9-14-8-12(3)24-20-14/h5-8H,9H2,1-4H3. The van der Waals surface area contributed by atoms with E-state index in [1.165, 1.54) is 4.80 Å². The van der Waals surface area contributed by atoms with Gasteiger partial charge in [0.25, 0.3) is 0 Å². The number of rotatable bonds is 4. The Kier molecular flexibility index (Phi) is 4.16. The number of aryl methyl sites for hydroxylation is 4. The topological polar surface area (TPSA) is 83.0 Å². The van der Waals surface area contributed by atoms with Gasteiger partial charge in [-0.25, -0.2) is 4.79 Å². The number of hydrogen-bond donors (Lipinski definition) is 0. The lowest BCUT2D eigenvalue weighted by atomic mass is 10.1. The second-order valence-corrected chi connectivity index (χ2v) is 5.72. The quantitative estimate of drug-likeness (QED) is 0.686. The fourth-order valence-corrected chi connectivity index (χ4v) is 2.40. The van der Waals surface area contributed by atoms with Crippen LogP contribution in [0.1, 0.15) is 38.8 Å². The van der Waals surface area contributed by atoms with Gasteiger partial charge in [0, 0.05) is 6.07 Å². The van der Waals surface area contributed by atoms with Crippen molar-refractivity contribution in [2.45, 2.75) is 34.3 Å². The van der Waals surface area contributed by atoms with Crippen molar-refractivity contribution in [1.29, 1.82) is 0 Å². The Bertz CT molecular complexity index is 895. The molecule has 24 heavy (non-hydrogen) atoms. The third kappa shape index (κ3) is 3.19. The molecular weight excluding hydrogens is 308 g/mol. The maximum Gasteiger partial charge on any atom is 0.361 e. The van der Waals surface area contributed by atoms with Crippen molar-refractivity contribution in [1.82, 2.24) is 20.2 Å². The van der Waals surface area contributed by atoms with Gasteiger partial charge in [0.1, 0.15) is 18.1 Å². The first kappa shape index (κ1) is 15.9. The van der Waals surface area contributed by atoms with Crippen molar-refractivity contribution < 1.29 is 14.1 Å². The number of carbonyl (C=O) groups is 1. The minimum Gasteiger partial charge on any atom is -0.454 e. The second kappa shape index (κ2) is 6.27. The van der Waals surface area contributed by atoms with E-state index in [1.54, 1.807) is 19.9 Å². The summed E-state index contributed by atoms with van der Waals surface area (Å²) in [6, 6.07) is 7.66. The Morgan fingerprint density at radius 1 is 1.17 bits per heavy atom. The number of hydrogen-bond acceptors (Lipinski definition) is 6. The van der Waals surface area contributed by atoms with Crippen molar-refractivity contribution in [2.75, 3.05) is 0 Å². The van der Waals surface area contributed by atoms with E-state index in [0.29, 0.717) is 17.1 Å². The predicted octanol–water partition coefficient (Wildman–Crippen LogP) is 2.85. The van der Waals surface area contributed by atoms with E-state index in [-0.39, 0.29) is 12.3 Å². The molecule has 0 saturated carbocycles. The summed E-state index contributed by atoms with van der Waals surface area (Å²) in [5.74, 6) is 0.127. The summed E-state index contributed by atoms with van der Waals surface area (Å²) >= 11 is 0. The van der Waals surface area contributed by atoms with Crippen molar-refractivity contribution in [2.24, 2.45) is 0 Å². The maximum atomic E-state index is 12.2. The molecule has 124 valence electrons. The van der Waals surface area contributed by atoms with Gasteiger partial charge in [0.05, 0.1) is 11.4 Å². The highest BCUT2D eigenvalue weighted by Crippen LogP contribution is 2.16. The molecule has 0 amide bonds. The van der Waals surface area contributed by atoms with E-state index in [9.17, 15) is 4.79 Å². The van der Waals surface area contributed by atoms with Gasteiger partial charge in [0.2, 0.25) is 0 Å². The SMILES string of the molecule is Cc1ccc(-n2nc(C)c(C(=O)OCc3cc(C)on3)n2)c(C)c1. The number of ether oxygens (including phenoxy) is 1. The average molecular weight is 326 g/mol. The highest BCUT2D eigenvalue weighted by atomic mass is 16.5. The van der Waals surface area contributed by atoms with Gasteiger partial charge in [-0.2, -0.15) is 9.90 Å². The Balaban J connectivity index is 1.79. The molecule has 0 N–H and O–H groups in total. The lowest BCUT2D eigenvalue weighted by Crippen LogP contribution is -2.08. The zero-order chi connectivity index (χ0) is 17.3. The first-order valence-electron chi connectivity index (χ1n) is 7.55. The molecule has 3 rings (SSSR count). The van der Waals surface area contributed by atoms with Crippen LogP contribution in [-0.4, -0.2) is 26.1 Å². The van der Waals surface area contributed by atoms with Gasteiger partial charge in [0.15, 0.2) is 5.69 Å². The Hall–Kier alpha value is -2.96. The molecule has 0 bridgehead atoms. The van der Waals surface area contributed by atoms with Gasteiger partial charge in [-0.15, -0.1) is 5.10 Å². The van der Waals surface area contributed by atoms with Crippen molar-refractivity contribution in [3.8, 4) is 5.69 Å². The Morgan fingerprint density at radius 3 is 2.62 bits per heavy atom. The van der Waals surface area contributed by atoms with Crippen LogP contribution in [0.25, 0.3) is 5.69 Å². The van der Waals surface area contributed by atoms with E-state index in [2.05, 4.69) is 15.4 Å². The maximum absolute atomic E-state index is 12.2.